The van der Waals surface area contributed by atoms with E-state index in [4.69, 9.17) is 0 Å². The Kier molecular flexibility index (Phi) is 4.71. The molecule has 0 aliphatic carbocycles. The van der Waals surface area contributed by atoms with Crippen molar-refractivity contribution in [3.8, 4) is 5.69 Å². The van der Waals surface area contributed by atoms with Crippen molar-refractivity contribution in [2.24, 2.45) is 0 Å². The number of rotatable bonds is 4. The molecule has 0 aliphatic rings. The van der Waals surface area contributed by atoms with Gasteiger partial charge in [-0.2, -0.15) is 0 Å². The zero-order valence-corrected chi connectivity index (χ0v) is 13.0. The maximum absolute atomic E-state index is 13.6. The third kappa shape index (κ3) is 3.15. The summed E-state index contributed by atoms with van der Waals surface area (Å²) >= 11 is 0. The van der Waals surface area contributed by atoms with Gasteiger partial charge in [-0.3, -0.25) is 4.79 Å². The number of benzene rings is 2. The minimum absolute atomic E-state index is 0.195. The van der Waals surface area contributed by atoms with E-state index >= 15 is 0 Å². The normalized spacial score (nSPS) is 11.3. The molecule has 0 N–H and O–H groups in total. The van der Waals surface area contributed by atoms with Gasteiger partial charge in [-0.1, -0.05) is 0 Å². The monoisotopic (exact) mass is 363 g/mol. The standard InChI is InChI=1S/C19H10F5NO/c20-15-13(16(21)18(23)19(24)17(15)22)7-8-14(26)11-3-5-12(6-4-11)25-9-1-2-10-25/h1-10H/b8-7+. The number of carbonyl (C=O) groups is 1. The van der Waals surface area contributed by atoms with Gasteiger partial charge in [-0.15, -0.1) is 0 Å². The first-order valence-corrected chi connectivity index (χ1v) is 7.37. The summed E-state index contributed by atoms with van der Waals surface area (Å²) in [6, 6.07) is 9.93. The van der Waals surface area contributed by atoms with Crippen LogP contribution >= 0.6 is 0 Å². The predicted molar refractivity (Wildman–Crippen MR) is 85.4 cm³/mol. The summed E-state index contributed by atoms with van der Waals surface area (Å²) in [7, 11) is 0. The van der Waals surface area contributed by atoms with Gasteiger partial charge >= 0.3 is 0 Å². The summed E-state index contributed by atoms with van der Waals surface area (Å²) in [6.07, 6.45) is 4.93. The van der Waals surface area contributed by atoms with Crippen LogP contribution in [0.2, 0.25) is 0 Å². The molecule has 0 amide bonds. The fraction of sp³-hybridized carbons (Fsp3) is 0. The van der Waals surface area contributed by atoms with E-state index in [2.05, 4.69) is 0 Å². The van der Waals surface area contributed by atoms with Crippen LogP contribution in [0.5, 0.6) is 0 Å². The predicted octanol–water partition coefficient (Wildman–Crippen LogP) is 5.07. The molecule has 1 heterocycles. The molecule has 3 aromatic rings. The summed E-state index contributed by atoms with van der Waals surface area (Å²) in [5, 5.41) is 0. The van der Waals surface area contributed by atoms with Gasteiger partial charge in [0.15, 0.2) is 29.1 Å². The Morgan fingerprint density at radius 3 is 1.81 bits per heavy atom. The van der Waals surface area contributed by atoms with Crippen molar-refractivity contribution in [2.75, 3.05) is 0 Å². The van der Waals surface area contributed by atoms with Crippen molar-refractivity contribution in [3.05, 3.63) is 95.1 Å². The molecule has 2 aromatic carbocycles. The first-order chi connectivity index (χ1) is 12.4. The van der Waals surface area contributed by atoms with Gasteiger partial charge in [-0.25, -0.2) is 22.0 Å². The summed E-state index contributed by atoms with van der Waals surface area (Å²) in [6.45, 7) is 0. The van der Waals surface area contributed by atoms with Crippen molar-refractivity contribution < 1.29 is 26.7 Å². The van der Waals surface area contributed by atoms with E-state index < -0.39 is 40.4 Å². The van der Waals surface area contributed by atoms with Crippen LogP contribution < -0.4 is 0 Å². The Labute approximate surface area is 144 Å². The highest BCUT2D eigenvalue weighted by molar-refractivity contribution is 6.06. The molecule has 0 saturated carbocycles. The fourth-order valence-corrected chi connectivity index (χ4v) is 2.33. The van der Waals surface area contributed by atoms with Gasteiger partial charge in [0, 0.05) is 23.6 Å². The van der Waals surface area contributed by atoms with E-state index in [0.717, 1.165) is 11.8 Å². The van der Waals surface area contributed by atoms with Gasteiger partial charge in [0.1, 0.15) is 0 Å². The molecule has 0 bridgehead atoms. The lowest BCUT2D eigenvalue weighted by atomic mass is 10.1. The van der Waals surface area contributed by atoms with Crippen LogP contribution in [0, 0.1) is 29.1 Å². The van der Waals surface area contributed by atoms with E-state index in [1.54, 1.807) is 29.1 Å². The van der Waals surface area contributed by atoms with Crippen molar-refractivity contribution in [3.63, 3.8) is 0 Å². The largest absolute Gasteiger partial charge is 0.324 e. The number of allylic oxidation sites excluding steroid dienone is 1. The number of halogens is 5. The molecule has 7 heteroatoms. The minimum Gasteiger partial charge on any atom is -0.324 e. The maximum atomic E-state index is 13.6. The SMILES string of the molecule is O=C(/C=C/c1c(F)c(F)c(F)c(F)c1F)c1ccc(-n2cccc2)cc1. The molecule has 0 fully saturated rings. The minimum atomic E-state index is -2.25. The highest BCUT2D eigenvalue weighted by atomic mass is 19.2. The van der Waals surface area contributed by atoms with Crippen LogP contribution in [0.3, 0.4) is 0 Å². The Bertz CT molecular complexity index is 963. The number of carbonyl (C=O) groups excluding carboxylic acids is 1. The molecular formula is C19H10F5NO. The third-order valence-corrected chi connectivity index (χ3v) is 3.70. The first-order valence-electron chi connectivity index (χ1n) is 7.37. The second-order valence-electron chi connectivity index (χ2n) is 5.32. The van der Waals surface area contributed by atoms with Crippen LogP contribution in [0.4, 0.5) is 22.0 Å². The van der Waals surface area contributed by atoms with Crippen LogP contribution in [-0.4, -0.2) is 10.4 Å². The topological polar surface area (TPSA) is 22.0 Å². The molecule has 0 atom stereocenters. The van der Waals surface area contributed by atoms with Gasteiger partial charge in [-0.05, 0) is 48.6 Å². The summed E-state index contributed by atoms with van der Waals surface area (Å²) < 4.78 is 68.3. The molecule has 0 radical (unpaired) electrons. The molecule has 2 nitrogen and oxygen atoms in total. The molecule has 1 aromatic heterocycles. The van der Waals surface area contributed by atoms with Crippen molar-refractivity contribution >= 4 is 11.9 Å². The van der Waals surface area contributed by atoms with E-state index in [1.807, 2.05) is 12.1 Å². The Balaban J connectivity index is 1.87. The maximum Gasteiger partial charge on any atom is 0.200 e. The average molecular weight is 363 g/mol. The molecule has 132 valence electrons. The van der Waals surface area contributed by atoms with Gasteiger partial charge in [0.2, 0.25) is 5.82 Å². The molecular weight excluding hydrogens is 353 g/mol. The summed E-state index contributed by atoms with van der Waals surface area (Å²) in [5.41, 5.74) is -0.185. The Hall–Kier alpha value is -3.22. The second kappa shape index (κ2) is 6.95. The zero-order valence-electron chi connectivity index (χ0n) is 13.0. The Morgan fingerprint density at radius 2 is 1.27 bits per heavy atom. The van der Waals surface area contributed by atoms with E-state index in [9.17, 15) is 26.7 Å². The highest BCUT2D eigenvalue weighted by Gasteiger charge is 2.24. The quantitative estimate of drug-likeness (QED) is 0.209. The average Bonchev–Trinajstić information content (AvgIpc) is 3.19. The van der Waals surface area contributed by atoms with Crippen LogP contribution in [0.25, 0.3) is 11.8 Å². The number of hydrogen-bond acceptors (Lipinski definition) is 1. The lowest BCUT2D eigenvalue weighted by Gasteiger charge is -2.05. The van der Waals surface area contributed by atoms with E-state index in [-0.39, 0.29) is 5.56 Å². The first kappa shape index (κ1) is 17.6. The van der Waals surface area contributed by atoms with Gasteiger partial charge in [0.25, 0.3) is 0 Å². The molecule has 0 unspecified atom stereocenters. The number of hydrogen-bond donors (Lipinski definition) is 0. The number of nitrogens with zero attached hydrogens (tertiary/aromatic N) is 1. The zero-order chi connectivity index (χ0) is 18.8. The molecule has 3 rings (SSSR count). The fourth-order valence-electron chi connectivity index (χ4n) is 2.33. The molecule has 0 aliphatic heterocycles. The lowest BCUT2D eigenvalue weighted by molar-refractivity contribution is 0.104. The van der Waals surface area contributed by atoms with Crippen molar-refractivity contribution in [1.29, 1.82) is 0 Å². The van der Waals surface area contributed by atoms with Gasteiger partial charge < -0.3 is 4.57 Å². The summed E-state index contributed by atoms with van der Waals surface area (Å²) in [5.74, 6) is -11.0. The lowest BCUT2D eigenvalue weighted by Crippen LogP contribution is -2.04. The highest BCUT2D eigenvalue weighted by Crippen LogP contribution is 2.24. The molecule has 26 heavy (non-hydrogen) atoms. The van der Waals surface area contributed by atoms with Crippen molar-refractivity contribution in [2.45, 2.75) is 0 Å². The van der Waals surface area contributed by atoms with E-state index in [1.165, 1.54) is 12.1 Å². The summed E-state index contributed by atoms with van der Waals surface area (Å²) in [4.78, 5) is 12.1. The van der Waals surface area contributed by atoms with Crippen LogP contribution in [-0.2, 0) is 0 Å². The molecule has 0 saturated heterocycles. The second-order valence-corrected chi connectivity index (χ2v) is 5.32. The van der Waals surface area contributed by atoms with Crippen molar-refractivity contribution in [1.82, 2.24) is 4.57 Å². The number of aromatic nitrogens is 1. The molecule has 0 spiro atoms. The van der Waals surface area contributed by atoms with Crippen LogP contribution in [0.15, 0.2) is 54.9 Å². The van der Waals surface area contributed by atoms with Crippen LogP contribution in [0.1, 0.15) is 15.9 Å². The number of ketones is 1. The van der Waals surface area contributed by atoms with Gasteiger partial charge in [0.05, 0.1) is 5.56 Å². The third-order valence-electron chi connectivity index (χ3n) is 3.70. The van der Waals surface area contributed by atoms with E-state index in [0.29, 0.717) is 6.08 Å². The Morgan fingerprint density at radius 1 is 0.769 bits per heavy atom. The smallest absolute Gasteiger partial charge is 0.200 e.